The summed E-state index contributed by atoms with van der Waals surface area (Å²) in [6, 6.07) is 17.3. The molecule has 3 nitrogen and oxygen atoms in total. The van der Waals surface area contributed by atoms with E-state index in [0.29, 0.717) is 18.5 Å². The minimum Gasteiger partial charge on any atom is -0.352 e. The molecule has 1 N–H and O–H groups in total. The second-order valence-corrected chi connectivity index (χ2v) is 4.91. The molecule has 0 aromatic heterocycles. The second kappa shape index (κ2) is 7.25. The van der Waals surface area contributed by atoms with E-state index in [0.717, 1.165) is 17.5 Å². The number of hydrogen-bond acceptors (Lipinski definition) is 1. The molecule has 0 aliphatic rings. The lowest BCUT2D eigenvalue weighted by Crippen LogP contribution is -2.24. The summed E-state index contributed by atoms with van der Waals surface area (Å²) in [4.78, 5) is 15.7. The van der Waals surface area contributed by atoms with Gasteiger partial charge < -0.3 is 5.32 Å². The van der Waals surface area contributed by atoms with Gasteiger partial charge in [-0.25, -0.2) is 0 Å². The molecule has 21 heavy (non-hydrogen) atoms. The van der Waals surface area contributed by atoms with Gasteiger partial charge in [-0.05, 0) is 29.6 Å². The fraction of sp³-hybridized carbons (Fsp3) is 0.222. The SMILES string of the molecule is C=C(C)C(=O)NCCCC#[N+]c1cccc2ccccc12. The molecular weight excluding hydrogens is 260 g/mol. The van der Waals surface area contributed by atoms with Crippen molar-refractivity contribution in [3.63, 3.8) is 0 Å². The Balaban J connectivity index is 1.90. The standard InChI is InChI=1S/C18H18N2O/c1-14(2)18(21)20-13-6-5-12-19-17-11-7-9-15-8-3-4-10-16(15)17/h3-4,7-11H,1,5-6,13H2,2H3/p+1. The molecule has 0 atom stereocenters. The molecule has 0 radical (unpaired) electrons. The first-order valence-electron chi connectivity index (χ1n) is 7.03. The minimum absolute atomic E-state index is 0.0963. The van der Waals surface area contributed by atoms with Crippen LogP contribution in [0.2, 0.25) is 0 Å². The van der Waals surface area contributed by atoms with Gasteiger partial charge in [0.1, 0.15) is 0 Å². The number of carbonyl (C=O) groups is 1. The van der Waals surface area contributed by atoms with Crippen LogP contribution < -0.4 is 5.32 Å². The van der Waals surface area contributed by atoms with Crippen LogP contribution in [-0.4, -0.2) is 12.5 Å². The van der Waals surface area contributed by atoms with Crippen LogP contribution in [0.4, 0.5) is 5.69 Å². The minimum atomic E-state index is -0.0963. The third-order valence-electron chi connectivity index (χ3n) is 3.10. The zero-order valence-corrected chi connectivity index (χ0v) is 12.2. The molecule has 2 aromatic rings. The maximum Gasteiger partial charge on any atom is 0.347 e. The lowest BCUT2D eigenvalue weighted by atomic mass is 10.1. The summed E-state index contributed by atoms with van der Waals surface area (Å²) in [5, 5.41) is 5.09. The molecule has 0 spiro atoms. The zero-order chi connectivity index (χ0) is 15.1. The molecule has 0 heterocycles. The first-order valence-corrected chi connectivity index (χ1v) is 7.03. The third-order valence-corrected chi connectivity index (χ3v) is 3.10. The molecule has 0 unspecified atom stereocenters. The van der Waals surface area contributed by atoms with E-state index in [9.17, 15) is 4.79 Å². The first-order chi connectivity index (χ1) is 10.2. The number of unbranched alkanes of at least 4 members (excludes halogenated alkanes) is 1. The fourth-order valence-corrected chi connectivity index (χ4v) is 1.97. The Hall–Kier alpha value is -2.60. The summed E-state index contributed by atoms with van der Waals surface area (Å²) < 4.78 is 0. The van der Waals surface area contributed by atoms with Crippen LogP contribution in [0.25, 0.3) is 15.6 Å². The molecule has 106 valence electrons. The second-order valence-electron chi connectivity index (χ2n) is 4.91. The Morgan fingerprint density at radius 2 is 2.00 bits per heavy atom. The van der Waals surface area contributed by atoms with Crippen molar-refractivity contribution in [2.45, 2.75) is 19.8 Å². The number of hydrogen-bond donors (Lipinski definition) is 1. The van der Waals surface area contributed by atoms with Gasteiger partial charge in [-0.15, -0.1) is 0 Å². The normalized spacial score (nSPS) is 9.76. The van der Waals surface area contributed by atoms with Gasteiger partial charge in [-0.3, -0.25) is 4.79 Å². The smallest absolute Gasteiger partial charge is 0.347 e. The van der Waals surface area contributed by atoms with Crippen molar-refractivity contribution in [1.82, 2.24) is 5.32 Å². The molecule has 2 aromatic carbocycles. The Morgan fingerprint density at radius 1 is 1.24 bits per heavy atom. The van der Waals surface area contributed by atoms with E-state index < -0.39 is 0 Å². The number of amides is 1. The molecule has 0 aliphatic heterocycles. The largest absolute Gasteiger partial charge is 0.352 e. The summed E-state index contributed by atoms with van der Waals surface area (Å²) in [6.07, 6.45) is 1.52. The van der Waals surface area contributed by atoms with Crippen LogP contribution in [0.3, 0.4) is 0 Å². The highest BCUT2D eigenvalue weighted by Crippen LogP contribution is 2.25. The van der Waals surface area contributed by atoms with Gasteiger partial charge in [0, 0.05) is 18.2 Å². The highest BCUT2D eigenvalue weighted by Gasteiger charge is 2.07. The van der Waals surface area contributed by atoms with E-state index in [1.54, 1.807) is 6.92 Å². The average molecular weight is 279 g/mol. The predicted molar refractivity (Wildman–Crippen MR) is 87.9 cm³/mol. The summed E-state index contributed by atoms with van der Waals surface area (Å²) in [7, 11) is 0. The van der Waals surface area contributed by atoms with Crippen LogP contribution in [0.5, 0.6) is 0 Å². The zero-order valence-electron chi connectivity index (χ0n) is 12.2. The maximum atomic E-state index is 11.3. The fourth-order valence-electron chi connectivity index (χ4n) is 1.97. The topological polar surface area (TPSA) is 33.5 Å². The lowest BCUT2D eigenvalue weighted by molar-refractivity contribution is -0.117. The monoisotopic (exact) mass is 279 g/mol. The molecule has 1 amide bonds. The summed E-state index contributed by atoms with van der Waals surface area (Å²) in [6.45, 7) is 5.91. The van der Waals surface area contributed by atoms with E-state index in [1.807, 2.05) is 24.3 Å². The predicted octanol–water partition coefficient (Wildman–Crippen LogP) is 4.28. The lowest BCUT2D eigenvalue weighted by Gasteiger charge is -2.00. The van der Waals surface area contributed by atoms with Crippen molar-refractivity contribution >= 4 is 22.4 Å². The number of nitrogens with zero attached hydrogens (tertiary/aromatic N) is 1. The van der Waals surface area contributed by atoms with Crippen molar-refractivity contribution in [1.29, 1.82) is 0 Å². The van der Waals surface area contributed by atoms with E-state index >= 15 is 0 Å². The van der Waals surface area contributed by atoms with Gasteiger partial charge in [-0.1, -0.05) is 36.9 Å². The number of nitrogens with one attached hydrogen (secondary N) is 1. The quantitative estimate of drug-likeness (QED) is 0.658. The molecular formula is C18H19N2O+. The van der Waals surface area contributed by atoms with E-state index in [-0.39, 0.29) is 5.91 Å². The van der Waals surface area contributed by atoms with Crippen molar-refractivity contribution in [3.8, 4) is 6.07 Å². The van der Waals surface area contributed by atoms with Crippen LogP contribution in [0.1, 0.15) is 19.8 Å². The summed E-state index contributed by atoms with van der Waals surface area (Å²) in [5.41, 5.74) is 1.46. The van der Waals surface area contributed by atoms with E-state index in [1.165, 1.54) is 5.39 Å². The van der Waals surface area contributed by atoms with Gasteiger partial charge in [0.2, 0.25) is 5.91 Å². The van der Waals surface area contributed by atoms with Gasteiger partial charge in [0.05, 0.1) is 11.8 Å². The number of rotatable bonds is 4. The number of fused-ring (bicyclic) bond motifs is 1. The molecule has 0 saturated heterocycles. The Kier molecular flexibility index (Phi) is 5.11. The van der Waals surface area contributed by atoms with Gasteiger partial charge >= 0.3 is 5.69 Å². The molecule has 2 rings (SSSR count). The highest BCUT2D eigenvalue weighted by molar-refractivity contribution is 5.94. The molecule has 0 bridgehead atoms. The van der Waals surface area contributed by atoms with Crippen molar-refractivity contribution in [2.24, 2.45) is 0 Å². The van der Waals surface area contributed by atoms with Crippen LogP contribution in [-0.2, 0) is 4.79 Å². The van der Waals surface area contributed by atoms with Gasteiger partial charge in [0.15, 0.2) is 0 Å². The first kappa shape index (κ1) is 14.8. The van der Waals surface area contributed by atoms with Crippen molar-refractivity contribution in [3.05, 3.63) is 59.5 Å². The van der Waals surface area contributed by atoms with E-state index in [2.05, 4.69) is 41.0 Å². The van der Waals surface area contributed by atoms with Crippen LogP contribution in [0, 0.1) is 6.07 Å². The number of carbonyl (C=O) groups excluding carboxylic acids is 1. The van der Waals surface area contributed by atoms with Crippen LogP contribution >= 0.6 is 0 Å². The molecule has 0 fully saturated rings. The number of benzene rings is 2. The molecule has 3 heteroatoms. The Morgan fingerprint density at radius 3 is 2.81 bits per heavy atom. The van der Waals surface area contributed by atoms with Gasteiger partial charge in [-0.2, -0.15) is 0 Å². The van der Waals surface area contributed by atoms with Crippen LogP contribution in [0.15, 0.2) is 54.6 Å². The Labute approximate surface area is 125 Å². The molecule has 0 saturated carbocycles. The maximum absolute atomic E-state index is 11.3. The molecule has 0 aliphatic carbocycles. The van der Waals surface area contributed by atoms with Crippen molar-refractivity contribution < 1.29 is 4.79 Å². The van der Waals surface area contributed by atoms with E-state index in [4.69, 9.17) is 0 Å². The van der Waals surface area contributed by atoms with Gasteiger partial charge in [0.25, 0.3) is 6.07 Å². The third kappa shape index (κ3) is 4.19. The van der Waals surface area contributed by atoms with Crippen molar-refractivity contribution in [2.75, 3.05) is 6.54 Å². The highest BCUT2D eigenvalue weighted by atomic mass is 16.1. The average Bonchev–Trinajstić information content (AvgIpc) is 2.50. The summed E-state index contributed by atoms with van der Waals surface area (Å²) >= 11 is 0. The summed E-state index contributed by atoms with van der Waals surface area (Å²) in [5.74, 6) is -0.0963. The Bertz CT molecular complexity index is 717.